The third kappa shape index (κ3) is 3.44. The van der Waals surface area contributed by atoms with Crippen LogP contribution in [0.25, 0.3) is 0 Å². The Hall–Kier alpha value is -2.70. The Balaban J connectivity index is 2.29. The van der Waals surface area contributed by atoms with E-state index in [1.807, 2.05) is 6.92 Å². The molecule has 0 radical (unpaired) electrons. The minimum absolute atomic E-state index is 0.0754. The molecule has 1 aromatic carbocycles. The maximum absolute atomic E-state index is 13.9. The second kappa shape index (κ2) is 6.17. The van der Waals surface area contributed by atoms with E-state index >= 15 is 0 Å². The van der Waals surface area contributed by atoms with Crippen LogP contribution in [-0.4, -0.2) is 16.5 Å². The molecule has 0 bridgehead atoms. The van der Waals surface area contributed by atoms with Crippen LogP contribution < -0.4 is 10.1 Å². The van der Waals surface area contributed by atoms with Crippen LogP contribution in [0.2, 0.25) is 0 Å². The van der Waals surface area contributed by atoms with Crippen LogP contribution in [0.3, 0.4) is 0 Å². The Morgan fingerprint density at radius 2 is 2.14 bits per heavy atom. The predicted octanol–water partition coefficient (Wildman–Crippen LogP) is 3.66. The van der Waals surface area contributed by atoms with Crippen LogP contribution >= 0.6 is 0 Å². The lowest BCUT2D eigenvalue weighted by atomic mass is 10.2. The largest absolute Gasteiger partial charge is 0.453 e. The number of aromatic nitrogens is 1. The number of hydrogen-bond donors (Lipinski definition) is 1. The molecule has 21 heavy (non-hydrogen) atoms. The van der Waals surface area contributed by atoms with E-state index in [1.54, 1.807) is 12.3 Å². The molecule has 0 saturated heterocycles. The van der Waals surface area contributed by atoms with Gasteiger partial charge in [-0.05, 0) is 19.9 Å². The molecule has 0 aliphatic carbocycles. The fraction of sp³-hybridized carbons (Fsp3) is 0.214. The Labute approximate surface area is 120 Å². The zero-order chi connectivity index (χ0) is 15.4. The Bertz CT molecular complexity index is 677. The van der Waals surface area contributed by atoms with Gasteiger partial charge in [0.15, 0.2) is 11.6 Å². The molecule has 0 aliphatic heterocycles. The molecular formula is C14H14FN3O3. The molecule has 1 heterocycles. The molecule has 1 aromatic heterocycles. The lowest BCUT2D eigenvalue weighted by Crippen LogP contribution is -1.98. The van der Waals surface area contributed by atoms with E-state index in [1.165, 1.54) is 19.2 Å². The number of nitro groups is 1. The quantitative estimate of drug-likeness (QED) is 0.672. The highest BCUT2D eigenvalue weighted by Gasteiger charge is 2.16. The number of nitrogens with one attached hydrogen (secondary N) is 1. The zero-order valence-electron chi connectivity index (χ0n) is 11.6. The Morgan fingerprint density at radius 3 is 2.81 bits per heavy atom. The number of nitro benzene ring substituents is 1. The number of hydrogen-bond acceptors (Lipinski definition) is 5. The van der Waals surface area contributed by atoms with E-state index in [0.29, 0.717) is 11.3 Å². The molecule has 0 atom stereocenters. The topological polar surface area (TPSA) is 77.3 Å². The van der Waals surface area contributed by atoms with Crippen molar-refractivity contribution in [1.29, 1.82) is 0 Å². The van der Waals surface area contributed by atoms with Crippen LogP contribution in [0.5, 0.6) is 11.5 Å². The molecule has 0 saturated carbocycles. The van der Waals surface area contributed by atoms with Gasteiger partial charge in [-0.2, -0.15) is 0 Å². The second-order valence-electron chi connectivity index (χ2n) is 4.37. The second-order valence-corrected chi connectivity index (χ2v) is 4.37. The van der Waals surface area contributed by atoms with Gasteiger partial charge in [0.1, 0.15) is 5.75 Å². The molecule has 7 heteroatoms. The van der Waals surface area contributed by atoms with Crippen molar-refractivity contribution in [3.8, 4) is 11.5 Å². The summed E-state index contributed by atoms with van der Waals surface area (Å²) >= 11 is 0. The van der Waals surface area contributed by atoms with E-state index in [9.17, 15) is 14.5 Å². The monoisotopic (exact) mass is 291 g/mol. The van der Waals surface area contributed by atoms with E-state index in [4.69, 9.17) is 4.74 Å². The van der Waals surface area contributed by atoms with Gasteiger partial charge in [0.05, 0.1) is 29.1 Å². The molecule has 1 N–H and O–H groups in total. The summed E-state index contributed by atoms with van der Waals surface area (Å²) in [6, 6.07) is 3.83. The number of pyridine rings is 1. The summed E-state index contributed by atoms with van der Waals surface area (Å²) in [5.74, 6) is -0.518. The molecule has 0 unspecified atom stereocenters. The molecule has 0 fully saturated rings. The van der Waals surface area contributed by atoms with Crippen molar-refractivity contribution in [2.45, 2.75) is 13.8 Å². The molecule has 2 rings (SSSR count). The van der Waals surface area contributed by atoms with E-state index in [0.717, 1.165) is 18.3 Å². The maximum atomic E-state index is 13.9. The minimum Gasteiger partial charge on any atom is -0.453 e. The number of anilines is 1. The van der Waals surface area contributed by atoms with Gasteiger partial charge >= 0.3 is 0 Å². The zero-order valence-corrected chi connectivity index (χ0v) is 11.6. The van der Waals surface area contributed by atoms with E-state index in [2.05, 4.69) is 10.3 Å². The fourth-order valence-corrected chi connectivity index (χ4v) is 1.82. The van der Waals surface area contributed by atoms with Gasteiger partial charge in [0.25, 0.3) is 5.69 Å². The summed E-state index contributed by atoms with van der Waals surface area (Å²) in [5, 5.41) is 13.8. The first-order valence-electron chi connectivity index (χ1n) is 6.32. The van der Waals surface area contributed by atoms with Crippen molar-refractivity contribution in [3.05, 3.63) is 52.1 Å². The number of ether oxygens (including phenoxy) is 1. The van der Waals surface area contributed by atoms with Crippen LogP contribution in [0.4, 0.5) is 15.8 Å². The van der Waals surface area contributed by atoms with E-state index < -0.39 is 10.7 Å². The first-order valence-corrected chi connectivity index (χ1v) is 6.32. The lowest BCUT2D eigenvalue weighted by Gasteiger charge is -2.09. The molecule has 2 aromatic rings. The third-order valence-electron chi connectivity index (χ3n) is 2.77. The molecule has 0 amide bonds. The molecule has 0 aliphatic rings. The van der Waals surface area contributed by atoms with Crippen molar-refractivity contribution >= 4 is 11.4 Å². The van der Waals surface area contributed by atoms with Gasteiger partial charge in [-0.1, -0.05) is 0 Å². The molecule has 6 nitrogen and oxygen atoms in total. The fourth-order valence-electron chi connectivity index (χ4n) is 1.82. The smallest absolute Gasteiger partial charge is 0.275 e. The minimum atomic E-state index is -0.791. The van der Waals surface area contributed by atoms with Crippen molar-refractivity contribution in [2.75, 3.05) is 11.9 Å². The van der Waals surface area contributed by atoms with Gasteiger partial charge in [0, 0.05) is 18.2 Å². The van der Waals surface area contributed by atoms with Crippen molar-refractivity contribution < 1.29 is 14.1 Å². The van der Waals surface area contributed by atoms with Crippen LogP contribution in [0.1, 0.15) is 12.5 Å². The average Bonchev–Trinajstić information content (AvgIpc) is 2.43. The van der Waals surface area contributed by atoms with Crippen molar-refractivity contribution in [1.82, 2.24) is 4.98 Å². The van der Waals surface area contributed by atoms with Crippen LogP contribution in [-0.2, 0) is 0 Å². The van der Waals surface area contributed by atoms with Gasteiger partial charge in [-0.25, -0.2) is 4.39 Å². The first-order chi connectivity index (χ1) is 10.0. The van der Waals surface area contributed by atoms with Crippen molar-refractivity contribution in [2.24, 2.45) is 0 Å². The third-order valence-corrected chi connectivity index (χ3v) is 2.77. The highest BCUT2D eigenvalue weighted by Crippen LogP contribution is 2.30. The SMILES string of the molecule is CCNc1cncc(Oc2cc(C)c([N+](=O)[O-])cc2F)c1. The highest BCUT2D eigenvalue weighted by molar-refractivity contribution is 5.49. The standard InChI is InChI=1S/C14H14FN3O3/c1-3-17-10-5-11(8-16-7-10)21-14-4-9(2)13(18(19)20)6-12(14)15/h4-8,17H,3H2,1-2H3. The summed E-state index contributed by atoms with van der Waals surface area (Å²) in [5.41, 5.74) is 0.792. The van der Waals surface area contributed by atoms with Gasteiger partial charge in [-0.3, -0.25) is 15.1 Å². The van der Waals surface area contributed by atoms with E-state index in [-0.39, 0.29) is 11.4 Å². The molecular weight excluding hydrogens is 277 g/mol. The van der Waals surface area contributed by atoms with Crippen molar-refractivity contribution in [3.63, 3.8) is 0 Å². The molecule has 0 spiro atoms. The summed E-state index contributed by atoms with van der Waals surface area (Å²) in [4.78, 5) is 14.1. The number of benzene rings is 1. The number of nitrogens with zero attached hydrogens (tertiary/aromatic N) is 2. The van der Waals surface area contributed by atoms with Crippen LogP contribution in [0, 0.1) is 22.9 Å². The summed E-state index contributed by atoms with van der Waals surface area (Å²) in [6.45, 7) is 4.18. The normalized spacial score (nSPS) is 10.2. The Kier molecular flexibility index (Phi) is 4.32. The number of halogens is 1. The summed E-state index contributed by atoms with van der Waals surface area (Å²) < 4.78 is 19.3. The summed E-state index contributed by atoms with van der Waals surface area (Å²) in [7, 11) is 0. The van der Waals surface area contributed by atoms with Gasteiger partial charge in [-0.15, -0.1) is 0 Å². The predicted molar refractivity (Wildman–Crippen MR) is 76.3 cm³/mol. The average molecular weight is 291 g/mol. The van der Waals surface area contributed by atoms with Gasteiger partial charge in [0.2, 0.25) is 0 Å². The highest BCUT2D eigenvalue weighted by atomic mass is 19.1. The molecule has 110 valence electrons. The summed E-state index contributed by atoms with van der Waals surface area (Å²) in [6.07, 6.45) is 3.06. The van der Waals surface area contributed by atoms with Gasteiger partial charge < -0.3 is 10.1 Å². The Morgan fingerprint density at radius 1 is 1.38 bits per heavy atom. The number of aryl methyl sites for hydroxylation is 1. The van der Waals surface area contributed by atoms with Crippen LogP contribution in [0.15, 0.2) is 30.6 Å². The first kappa shape index (κ1) is 14.7. The number of rotatable bonds is 5. The maximum Gasteiger partial charge on any atom is 0.275 e. The lowest BCUT2D eigenvalue weighted by molar-refractivity contribution is -0.385.